The van der Waals surface area contributed by atoms with Gasteiger partial charge in [0, 0.05) is 37.2 Å². The number of ketones is 1. The van der Waals surface area contributed by atoms with Gasteiger partial charge in [-0.15, -0.1) is 0 Å². The van der Waals surface area contributed by atoms with Crippen LogP contribution in [0.1, 0.15) is 95.1 Å². The Bertz CT molecular complexity index is 1060. The van der Waals surface area contributed by atoms with E-state index in [1.165, 1.54) is 25.0 Å². The maximum absolute atomic E-state index is 14.6. The fourth-order valence-corrected chi connectivity index (χ4v) is 4.05. The van der Waals surface area contributed by atoms with E-state index in [0.717, 1.165) is 43.8 Å². The van der Waals surface area contributed by atoms with Crippen LogP contribution in [-0.4, -0.2) is 62.9 Å². The first-order valence-electron chi connectivity index (χ1n) is 15.0. The van der Waals surface area contributed by atoms with Crippen LogP contribution in [0.5, 0.6) is 11.5 Å². The van der Waals surface area contributed by atoms with Crippen molar-refractivity contribution in [1.29, 1.82) is 0 Å². The number of hydrogen-bond donors (Lipinski definition) is 2. The summed E-state index contributed by atoms with van der Waals surface area (Å²) in [5.74, 6) is 0.258. The average Bonchev–Trinajstić information content (AvgIpc) is 3.01. The molecule has 236 valence electrons. The van der Waals surface area contributed by atoms with Crippen LogP contribution in [0, 0.1) is 5.82 Å². The third kappa shape index (κ3) is 13.9. The van der Waals surface area contributed by atoms with Gasteiger partial charge < -0.3 is 25.0 Å². The molecule has 42 heavy (non-hydrogen) atoms. The van der Waals surface area contributed by atoms with E-state index >= 15 is 0 Å². The molecule has 2 N–H and O–H groups in total. The maximum atomic E-state index is 14.6. The van der Waals surface area contributed by atoms with Crippen molar-refractivity contribution in [2.75, 3.05) is 39.9 Å². The zero-order valence-electron chi connectivity index (χ0n) is 26.8. The normalized spacial score (nSPS) is 13.5. The van der Waals surface area contributed by atoms with E-state index in [9.17, 15) is 18.8 Å². The summed E-state index contributed by atoms with van der Waals surface area (Å²) in [4.78, 5) is 35.4. The van der Waals surface area contributed by atoms with Gasteiger partial charge in [0.1, 0.15) is 23.1 Å². The van der Waals surface area contributed by atoms with E-state index in [1.54, 1.807) is 24.1 Å². The molecule has 1 unspecified atom stereocenters. The van der Waals surface area contributed by atoms with E-state index in [1.807, 2.05) is 39.0 Å². The molecular formula is C33H52FN3O5. The SMILES string of the molecule is CC.CC(=O)CNC(=O)c1cccc(C2CCCN(C=O)C2)c1F.CCC.CCNCc1ccc(OC)cc1OCC. The Hall–Kier alpha value is -3.46. The van der Waals surface area contributed by atoms with E-state index in [4.69, 9.17) is 9.47 Å². The molecule has 1 heterocycles. The van der Waals surface area contributed by atoms with Gasteiger partial charge in [0.25, 0.3) is 5.91 Å². The fourth-order valence-electron chi connectivity index (χ4n) is 4.05. The second-order valence-corrected chi connectivity index (χ2v) is 9.43. The number of rotatable bonds is 11. The second-order valence-electron chi connectivity index (χ2n) is 9.43. The smallest absolute Gasteiger partial charge is 0.254 e. The van der Waals surface area contributed by atoms with Gasteiger partial charge in [-0.05, 0) is 50.9 Å². The number of benzene rings is 2. The van der Waals surface area contributed by atoms with Crippen LogP contribution in [0.2, 0.25) is 0 Å². The minimum absolute atomic E-state index is 0.0676. The molecule has 3 rings (SSSR count). The molecule has 2 aromatic rings. The Balaban J connectivity index is 0.000000731. The highest BCUT2D eigenvalue weighted by Gasteiger charge is 2.25. The summed E-state index contributed by atoms with van der Waals surface area (Å²) >= 11 is 0. The minimum Gasteiger partial charge on any atom is -0.497 e. The van der Waals surface area contributed by atoms with Gasteiger partial charge in [0.15, 0.2) is 0 Å². The van der Waals surface area contributed by atoms with Gasteiger partial charge in [-0.2, -0.15) is 0 Å². The number of carbonyl (C=O) groups is 3. The number of piperidine rings is 1. The predicted molar refractivity (Wildman–Crippen MR) is 168 cm³/mol. The fraction of sp³-hybridized carbons (Fsp3) is 0.545. The Morgan fingerprint density at radius 2 is 1.81 bits per heavy atom. The minimum atomic E-state index is -0.599. The van der Waals surface area contributed by atoms with Crippen molar-refractivity contribution >= 4 is 18.1 Å². The molecule has 9 heteroatoms. The summed E-state index contributed by atoms with van der Waals surface area (Å²) in [6.07, 6.45) is 3.61. The molecule has 0 bridgehead atoms. The summed E-state index contributed by atoms with van der Waals surface area (Å²) in [5, 5.41) is 5.67. The molecule has 1 aliphatic heterocycles. The van der Waals surface area contributed by atoms with Gasteiger partial charge in [0.05, 0.1) is 25.8 Å². The Morgan fingerprint density at radius 3 is 2.38 bits per heavy atom. The van der Waals surface area contributed by atoms with Gasteiger partial charge in [-0.3, -0.25) is 14.4 Å². The zero-order chi connectivity index (χ0) is 31.9. The molecule has 0 aromatic heterocycles. The van der Waals surface area contributed by atoms with Crippen molar-refractivity contribution < 1.29 is 28.2 Å². The number of Topliss-reactive ketones (excluding diaryl/α,β-unsaturated/α-hetero) is 1. The lowest BCUT2D eigenvalue weighted by Crippen LogP contribution is -2.34. The predicted octanol–water partition coefficient (Wildman–Crippen LogP) is 6.13. The summed E-state index contributed by atoms with van der Waals surface area (Å²) < 4.78 is 25.3. The number of hydrogen-bond acceptors (Lipinski definition) is 6. The quantitative estimate of drug-likeness (QED) is 0.306. The Morgan fingerprint density at radius 1 is 1.12 bits per heavy atom. The number of carbonyl (C=O) groups excluding carboxylic acids is 3. The number of ether oxygens (including phenoxy) is 2. The van der Waals surface area contributed by atoms with Gasteiger partial charge >= 0.3 is 0 Å². The van der Waals surface area contributed by atoms with Crippen LogP contribution in [0.15, 0.2) is 36.4 Å². The Kier molecular flexibility index (Phi) is 21.2. The number of likely N-dealkylation sites (tertiary alicyclic amines) is 1. The van der Waals surface area contributed by atoms with Crippen molar-refractivity contribution in [3.63, 3.8) is 0 Å². The van der Waals surface area contributed by atoms with Gasteiger partial charge in [-0.1, -0.05) is 59.2 Å². The third-order valence-corrected chi connectivity index (χ3v) is 5.95. The molecule has 1 atom stereocenters. The van der Waals surface area contributed by atoms with Crippen molar-refractivity contribution in [3.8, 4) is 11.5 Å². The molecule has 2 aromatic carbocycles. The number of amides is 2. The van der Waals surface area contributed by atoms with Crippen LogP contribution < -0.4 is 20.1 Å². The first-order chi connectivity index (χ1) is 20.3. The second kappa shape index (κ2) is 23.1. The number of nitrogens with zero attached hydrogens (tertiary/aromatic N) is 1. The lowest BCUT2D eigenvalue weighted by atomic mass is 9.89. The third-order valence-electron chi connectivity index (χ3n) is 5.95. The van der Waals surface area contributed by atoms with E-state index in [-0.39, 0.29) is 23.8 Å². The average molecular weight is 590 g/mol. The largest absolute Gasteiger partial charge is 0.497 e. The Labute approximate surface area is 252 Å². The monoisotopic (exact) mass is 589 g/mol. The van der Waals surface area contributed by atoms with Crippen LogP contribution in [0.3, 0.4) is 0 Å². The first-order valence-corrected chi connectivity index (χ1v) is 15.0. The molecule has 0 aliphatic carbocycles. The highest BCUT2D eigenvalue weighted by molar-refractivity contribution is 5.96. The lowest BCUT2D eigenvalue weighted by molar-refractivity contribution is -0.119. The summed E-state index contributed by atoms with van der Waals surface area (Å²) in [5.41, 5.74) is 1.54. The lowest BCUT2D eigenvalue weighted by Gasteiger charge is -2.30. The van der Waals surface area contributed by atoms with Crippen LogP contribution >= 0.6 is 0 Å². The number of methoxy groups -OCH3 is 1. The maximum Gasteiger partial charge on any atom is 0.254 e. The van der Waals surface area contributed by atoms with E-state index < -0.39 is 11.7 Å². The zero-order valence-corrected chi connectivity index (χ0v) is 26.8. The standard InChI is InChI=1S/C16H19FN2O3.C12H19NO2.C3H8.C2H6/c1-11(21)8-18-16(22)14-6-2-5-13(15(14)17)12-4-3-7-19(9-12)10-20;1-4-13-9-10-6-7-11(14-3)8-12(10)15-5-2;1-3-2;1-2/h2,5-6,10,12H,3-4,7-9H2,1H3,(H,18,22);6-8,13H,4-5,9H2,1-3H3;3H2,1-2H3;1-2H3. The molecule has 0 radical (unpaired) electrons. The summed E-state index contributed by atoms with van der Waals surface area (Å²) in [6.45, 7) is 17.1. The molecule has 2 amide bonds. The topological polar surface area (TPSA) is 97.0 Å². The molecule has 0 saturated carbocycles. The summed E-state index contributed by atoms with van der Waals surface area (Å²) in [6, 6.07) is 10.6. The van der Waals surface area contributed by atoms with E-state index in [0.29, 0.717) is 25.3 Å². The first kappa shape index (κ1) is 38.5. The van der Waals surface area contributed by atoms with Crippen molar-refractivity contribution in [2.24, 2.45) is 0 Å². The molecule has 1 aliphatic rings. The van der Waals surface area contributed by atoms with Crippen molar-refractivity contribution in [3.05, 3.63) is 58.9 Å². The van der Waals surface area contributed by atoms with E-state index in [2.05, 4.69) is 31.4 Å². The molecular weight excluding hydrogens is 537 g/mol. The van der Waals surface area contributed by atoms with Gasteiger partial charge in [0.2, 0.25) is 6.41 Å². The molecule has 1 saturated heterocycles. The van der Waals surface area contributed by atoms with Crippen LogP contribution in [-0.2, 0) is 16.1 Å². The van der Waals surface area contributed by atoms with Crippen molar-refractivity contribution in [2.45, 2.75) is 80.2 Å². The highest BCUT2D eigenvalue weighted by Crippen LogP contribution is 2.29. The van der Waals surface area contributed by atoms with Crippen molar-refractivity contribution in [1.82, 2.24) is 15.5 Å². The molecule has 8 nitrogen and oxygen atoms in total. The summed E-state index contributed by atoms with van der Waals surface area (Å²) in [7, 11) is 1.66. The number of nitrogens with one attached hydrogen (secondary N) is 2. The molecule has 1 fully saturated rings. The number of halogens is 1. The van der Waals surface area contributed by atoms with Crippen LogP contribution in [0.4, 0.5) is 4.39 Å². The highest BCUT2D eigenvalue weighted by atomic mass is 19.1. The molecule has 0 spiro atoms. The van der Waals surface area contributed by atoms with Crippen LogP contribution in [0.25, 0.3) is 0 Å². The van der Waals surface area contributed by atoms with Gasteiger partial charge in [-0.25, -0.2) is 4.39 Å².